The highest BCUT2D eigenvalue weighted by atomic mass is 16.5. The Kier molecular flexibility index (Phi) is 4.68. The van der Waals surface area contributed by atoms with Crippen molar-refractivity contribution in [1.29, 1.82) is 0 Å². The van der Waals surface area contributed by atoms with Gasteiger partial charge >= 0.3 is 5.97 Å². The fraction of sp³-hybridized carbons (Fsp3) is 0.227. The van der Waals surface area contributed by atoms with Gasteiger partial charge in [0.25, 0.3) is 0 Å². The van der Waals surface area contributed by atoms with Crippen molar-refractivity contribution in [1.82, 2.24) is 10.5 Å². The highest BCUT2D eigenvalue weighted by Crippen LogP contribution is 2.55. The number of benzene rings is 2. The van der Waals surface area contributed by atoms with Gasteiger partial charge < -0.3 is 9.84 Å². The second-order valence-electron chi connectivity index (χ2n) is 7.27. The van der Waals surface area contributed by atoms with Crippen LogP contribution in [0, 0.1) is 12.8 Å². The van der Waals surface area contributed by atoms with E-state index in [2.05, 4.69) is 4.98 Å². The fourth-order valence-corrected chi connectivity index (χ4v) is 3.88. The van der Waals surface area contributed by atoms with Crippen molar-refractivity contribution in [3.63, 3.8) is 0 Å². The minimum absolute atomic E-state index is 0.131. The van der Waals surface area contributed by atoms with E-state index in [1.807, 2.05) is 37.3 Å². The number of hydrogen-bond donors (Lipinski definition) is 3. The predicted molar refractivity (Wildman–Crippen MR) is 105 cm³/mol. The van der Waals surface area contributed by atoms with Gasteiger partial charge in [0.2, 0.25) is 5.91 Å². The molecule has 7 nitrogen and oxygen atoms in total. The number of hydrogen-bond acceptors (Lipinski definition) is 5. The van der Waals surface area contributed by atoms with Crippen LogP contribution in [0.2, 0.25) is 0 Å². The summed E-state index contributed by atoms with van der Waals surface area (Å²) in [5, 5.41) is 19.6. The second kappa shape index (κ2) is 7.18. The first-order valence-corrected chi connectivity index (χ1v) is 9.21. The van der Waals surface area contributed by atoms with Crippen LogP contribution in [0.3, 0.4) is 0 Å². The highest BCUT2D eigenvalue weighted by molar-refractivity contribution is 5.97. The molecular formula is C22H20N2O5. The second-order valence-corrected chi connectivity index (χ2v) is 7.27. The van der Waals surface area contributed by atoms with Crippen LogP contribution < -0.4 is 10.2 Å². The monoisotopic (exact) mass is 392 g/mol. The molecule has 0 saturated heterocycles. The van der Waals surface area contributed by atoms with Gasteiger partial charge in [0, 0.05) is 16.6 Å². The van der Waals surface area contributed by atoms with Crippen LogP contribution in [0.1, 0.15) is 23.2 Å². The number of hydroxylamine groups is 1. The fourth-order valence-electron chi connectivity index (χ4n) is 3.88. The minimum Gasteiger partial charge on any atom is -0.489 e. The Bertz CT molecular complexity index is 1110. The molecule has 0 bridgehead atoms. The molecule has 2 aromatic carbocycles. The average Bonchev–Trinajstić information content (AvgIpc) is 3.49. The smallest absolute Gasteiger partial charge is 0.314 e. The van der Waals surface area contributed by atoms with E-state index >= 15 is 0 Å². The third-order valence-electron chi connectivity index (χ3n) is 5.44. The molecule has 0 radical (unpaired) electrons. The van der Waals surface area contributed by atoms with Crippen molar-refractivity contribution in [2.45, 2.75) is 25.4 Å². The van der Waals surface area contributed by atoms with E-state index < -0.39 is 23.2 Å². The maximum atomic E-state index is 11.9. The van der Waals surface area contributed by atoms with Gasteiger partial charge in [-0.1, -0.05) is 30.3 Å². The Morgan fingerprint density at radius 1 is 1.21 bits per heavy atom. The minimum atomic E-state index is -1.34. The summed E-state index contributed by atoms with van der Waals surface area (Å²) in [5.74, 6) is -2.10. The van der Waals surface area contributed by atoms with Crippen molar-refractivity contribution in [3.05, 3.63) is 71.4 Å². The van der Waals surface area contributed by atoms with Crippen molar-refractivity contribution in [2.24, 2.45) is 5.92 Å². The Morgan fingerprint density at radius 2 is 2.00 bits per heavy atom. The molecule has 3 N–H and O–H groups in total. The van der Waals surface area contributed by atoms with Crippen molar-refractivity contribution >= 4 is 22.8 Å². The van der Waals surface area contributed by atoms with Gasteiger partial charge in [0.05, 0.1) is 11.4 Å². The van der Waals surface area contributed by atoms with Gasteiger partial charge in [-0.05, 0) is 43.2 Å². The molecule has 0 aliphatic heterocycles. The number of amides is 1. The van der Waals surface area contributed by atoms with Gasteiger partial charge in [0.1, 0.15) is 17.8 Å². The number of fused-ring (bicyclic) bond motifs is 1. The number of ether oxygens (including phenoxy) is 1. The normalized spacial score (nSPS) is 20.3. The van der Waals surface area contributed by atoms with E-state index in [-0.39, 0.29) is 6.42 Å². The molecule has 1 aromatic heterocycles. The Morgan fingerprint density at radius 3 is 2.76 bits per heavy atom. The molecule has 2 unspecified atom stereocenters. The third kappa shape index (κ3) is 3.30. The molecule has 1 aliphatic carbocycles. The van der Waals surface area contributed by atoms with Crippen LogP contribution in [0.15, 0.2) is 54.6 Å². The van der Waals surface area contributed by atoms with Crippen LogP contribution in [0.5, 0.6) is 5.75 Å². The molecule has 29 heavy (non-hydrogen) atoms. The van der Waals surface area contributed by atoms with E-state index in [0.29, 0.717) is 17.9 Å². The van der Waals surface area contributed by atoms with Gasteiger partial charge in [-0.3, -0.25) is 19.8 Å². The molecule has 1 fully saturated rings. The number of aliphatic carboxylic acids is 1. The first-order valence-electron chi connectivity index (χ1n) is 9.21. The number of aryl methyl sites for hydroxylation is 1. The summed E-state index contributed by atoms with van der Waals surface area (Å²) in [6, 6.07) is 16.5. The quantitative estimate of drug-likeness (QED) is 0.440. The van der Waals surface area contributed by atoms with Crippen LogP contribution in [0.4, 0.5) is 0 Å². The van der Waals surface area contributed by atoms with E-state index in [9.17, 15) is 14.7 Å². The first kappa shape index (κ1) is 18.9. The number of carbonyl (C=O) groups excluding carboxylic acids is 1. The number of nitrogens with one attached hydrogen (secondary N) is 1. The number of nitrogens with zero attached hydrogens (tertiary/aromatic N) is 1. The maximum absolute atomic E-state index is 11.9. The van der Waals surface area contributed by atoms with E-state index in [1.165, 1.54) is 0 Å². The summed E-state index contributed by atoms with van der Waals surface area (Å²) in [6.45, 7) is 2.22. The Hall–Kier alpha value is -3.45. The molecule has 1 saturated carbocycles. The highest BCUT2D eigenvalue weighted by Gasteiger charge is 2.65. The largest absolute Gasteiger partial charge is 0.489 e. The molecular weight excluding hydrogens is 372 g/mol. The lowest BCUT2D eigenvalue weighted by atomic mass is 9.93. The molecule has 0 spiro atoms. The lowest BCUT2D eigenvalue weighted by Crippen LogP contribution is -2.30. The molecule has 3 aromatic rings. The maximum Gasteiger partial charge on any atom is 0.314 e. The number of carboxylic acids is 1. The van der Waals surface area contributed by atoms with Gasteiger partial charge in [0.15, 0.2) is 0 Å². The number of pyridine rings is 1. The molecule has 2 atom stereocenters. The summed E-state index contributed by atoms with van der Waals surface area (Å²) in [6.07, 6.45) is 0.131. The standard InChI is InChI=1S/C22H20N2O5/c1-13-9-14(17-7-2-3-8-19(17)23-13)12-29-16-6-4-5-15(10-16)22(21(26)27)11-18(22)20(25)24-28/h2-10,18,28H,11-12H2,1H3,(H,24,25)(H,26,27). The van der Waals surface area contributed by atoms with E-state index in [4.69, 9.17) is 9.94 Å². The third-order valence-corrected chi connectivity index (χ3v) is 5.44. The number of para-hydroxylation sites is 1. The van der Waals surface area contributed by atoms with Crippen molar-refractivity contribution in [2.75, 3.05) is 0 Å². The van der Waals surface area contributed by atoms with Crippen LogP contribution >= 0.6 is 0 Å². The van der Waals surface area contributed by atoms with Crippen LogP contribution in [-0.2, 0) is 21.6 Å². The SMILES string of the molecule is Cc1cc(COc2cccc(C3(C(=O)O)CC3C(=O)NO)c2)c2ccccc2n1. The zero-order valence-electron chi connectivity index (χ0n) is 15.8. The summed E-state index contributed by atoms with van der Waals surface area (Å²) < 4.78 is 5.95. The number of carboxylic acid groups (broad SMARTS) is 1. The molecule has 1 amide bonds. The number of rotatable bonds is 6. The first-order chi connectivity index (χ1) is 14.0. The van der Waals surface area contributed by atoms with Crippen LogP contribution in [0.25, 0.3) is 10.9 Å². The van der Waals surface area contributed by atoms with Gasteiger partial charge in [-0.25, -0.2) is 5.48 Å². The summed E-state index contributed by atoms with van der Waals surface area (Å²) in [4.78, 5) is 28.2. The van der Waals surface area contributed by atoms with E-state index in [1.54, 1.807) is 29.7 Å². The van der Waals surface area contributed by atoms with Crippen LogP contribution in [-0.4, -0.2) is 27.2 Å². The molecule has 1 heterocycles. The summed E-state index contributed by atoms with van der Waals surface area (Å²) >= 11 is 0. The molecule has 148 valence electrons. The average molecular weight is 392 g/mol. The summed E-state index contributed by atoms with van der Waals surface area (Å²) in [7, 11) is 0. The number of carbonyl (C=O) groups is 2. The van der Waals surface area contributed by atoms with Crippen molar-refractivity contribution < 1.29 is 24.6 Å². The van der Waals surface area contributed by atoms with Crippen molar-refractivity contribution in [3.8, 4) is 5.75 Å². The molecule has 1 aliphatic rings. The molecule has 7 heteroatoms. The van der Waals surface area contributed by atoms with E-state index in [0.717, 1.165) is 22.2 Å². The predicted octanol–water partition coefficient (Wildman–Crippen LogP) is 2.97. The van der Waals surface area contributed by atoms with Gasteiger partial charge in [-0.2, -0.15) is 0 Å². The lowest BCUT2D eigenvalue weighted by Gasteiger charge is -2.15. The zero-order valence-corrected chi connectivity index (χ0v) is 15.8. The zero-order chi connectivity index (χ0) is 20.6. The lowest BCUT2D eigenvalue weighted by molar-refractivity contribution is -0.143. The Labute approximate surface area is 166 Å². The van der Waals surface area contributed by atoms with Gasteiger partial charge in [-0.15, -0.1) is 0 Å². The number of aromatic nitrogens is 1. The topological polar surface area (TPSA) is 109 Å². The Balaban J connectivity index is 1.60. The molecule has 4 rings (SSSR count). The summed E-state index contributed by atoms with van der Waals surface area (Å²) in [5.41, 5.74) is 3.44.